The number of ether oxygens (including phenoxy) is 1. The van der Waals surface area contributed by atoms with E-state index in [1.807, 2.05) is 0 Å². The third kappa shape index (κ3) is 2.09. The highest BCUT2D eigenvalue weighted by Gasteiger charge is 2.30. The van der Waals surface area contributed by atoms with Gasteiger partial charge in [0.2, 0.25) is 0 Å². The van der Waals surface area contributed by atoms with Gasteiger partial charge in [-0.15, -0.1) is 0 Å². The van der Waals surface area contributed by atoms with Crippen molar-refractivity contribution in [2.45, 2.75) is 31.8 Å². The number of aliphatic hydroxyl groups excluding tert-OH is 1. The molecule has 1 aliphatic carbocycles. The molecule has 0 aromatic heterocycles. The quantitative estimate of drug-likeness (QED) is 0.845. The zero-order chi connectivity index (χ0) is 11.7. The van der Waals surface area contributed by atoms with Crippen molar-refractivity contribution in [2.75, 3.05) is 6.61 Å². The molecule has 1 N–H and O–H groups in total. The van der Waals surface area contributed by atoms with E-state index in [0.717, 1.165) is 38.0 Å². The van der Waals surface area contributed by atoms with Crippen LogP contribution in [0.4, 0.5) is 0 Å². The van der Waals surface area contributed by atoms with Gasteiger partial charge in [-0.25, -0.2) is 0 Å². The van der Waals surface area contributed by atoms with E-state index in [0.29, 0.717) is 0 Å². The second-order valence-electron chi connectivity index (χ2n) is 4.98. The number of rotatable bonds is 2. The molecule has 1 aromatic carbocycles. The fraction of sp³-hybridized carbons (Fsp3) is 0.467. The highest BCUT2D eigenvalue weighted by molar-refractivity contribution is 5.33. The van der Waals surface area contributed by atoms with Crippen molar-refractivity contribution in [1.29, 1.82) is 0 Å². The molecule has 0 saturated heterocycles. The molecule has 17 heavy (non-hydrogen) atoms. The monoisotopic (exact) mass is 230 g/mol. The van der Waals surface area contributed by atoms with Crippen LogP contribution in [-0.4, -0.2) is 17.8 Å². The predicted molar refractivity (Wildman–Crippen MR) is 66.6 cm³/mol. The minimum atomic E-state index is -0.428. The third-order valence-corrected chi connectivity index (χ3v) is 3.78. The van der Waals surface area contributed by atoms with E-state index in [-0.39, 0.29) is 5.92 Å². The first-order valence-corrected chi connectivity index (χ1v) is 6.42. The number of hydrogen-bond acceptors (Lipinski definition) is 2. The first kappa shape index (κ1) is 10.8. The molecule has 0 radical (unpaired) electrons. The summed E-state index contributed by atoms with van der Waals surface area (Å²) in [7, 11) is 0. The average Bonchev–Trinajstić information content (AvgIpc) is 2.82. The van der Waals surface area contributed by atoms with Crippen LogP contribution in [0.25, 0.3) is 0 Å². The van der Waals surface area contributed by atoms with E-state index < -0.39 is 6.10 Å². The van der Waals surface area contributed by atoms with Crippen molar-refractivity contribution in [3.63, 3.8) is 0 Å². The van der Waals surface area contributed by atoms with Gasteiger partial charge >= 0.3 is 0 Å². The van der Waals surface area contributed by atoms with Crippen LogP contribution >= 0.6 is 0 Å². The molecule has 3 rings (SSSR count). The van der Waals surface area contributed by atoms with E-state index in [1.54, 1.807) is 0 Å². The molecule has 1 unspecified atom stereocenters. The summed E-state index contributed by atoms with van der Waals surface area (Å²) in [5.41, 5.74) is 2.76. The Hall–Kier alpha value is -1.28. The summed E-state index contributed by atoms with van der Waals surface area (Å²) < 4.78 is 5.56. The van der Waals surface area contributed by atoms with E-state index >= 15 is 0 Å². The summed E-state index contributed by atoms with van der Waals surface area (Å²) in [4.78, 5) is 0. The fourth-order valence-corrected chi connectivity index (χ4v) is 2.83. The third-order valence-electron chi connectivity index (χ3n) is 3.78. The maximum Gasteiger partial charge on any atom is 0.121 e. The van der Waals surface area contributed by atoms with Gasteiger partial charge in [-0.2, -0.15) is 0 Å². The van der Waals surface area contributed by atoms with Gasteiger partial charge in [0.25, 0.3) is 0 Å². The Labute approximate surface area is 102 Å². The van der Waals surface area contributed by atoms with Crippen LogP contribution < -0.4 is 0 Å². The topological polar surface area (TPSA) is 29.5 Å². The molecule has 2 heteroatoms. The highest BCUT2D eigenvalue weighted by atomic mass is 16.5. The molecule has 1 aromatic rings. The molecule has 0 bridgehead atoms. The number of aliphatic hydroxyl groups is 1. The van der Waals surface area contributed by atoms with Crippen LogP contribution in [0.1, 0.15) is 24.0 Å². The largest absolute Gasteiger partial charge is 0.495 e. The smallest absolute Gasteiger partial charge is 0.121 e. The second kappa shape index (κ2) is 4.53. The standard InChI is InChI=1S/C15H18O2/c16-15(14-7-3-4-8-17-14)13-9-11-5-1-2-6-12(11)10-13/h1-2,5-7,13,15-16H,3-4,8-10H2. The molecular formula is C15H18O2. The molecule has 0 fully saturated rings. The summed E-state index contributed by atoms with van der Waals surface area (Å²) >= 11 is 0. The van der Waals surface area contributed by atoms with Crippen LogP contribution in [0, 0.1) is 5.92 Å². The number of benzene rings is 1. The van der Waals surface area contributed by atoms with Crippen molar-refractivity contribution >= 4 is 0 Å². The summed E-state index contributed by atoms with van der Waals surface area (Å²) in [6.45, 7) is 0.753. The first-order valence-electron chi connectivity index (χ1n) is 6.42. The second-order valence-corrected chi connectivity index (χ2v) is 4.98. The van der Waals surface area contributed by atoms with E-state index in [2.05, 4.69) is 30.3 Å². The molecule has 90 valence electrons. The minimum absolute atomic E-state index is 0.289. The Kier molecular flexibility index (Phi) is 2.89. The molecule has 0 spiro atoms. The Bertz CT molecular complexity index is 411. The lowest BCUT2D eigenvalue weighted by Gasteiger charge is -2.24. The molecule has 0 saturated carbocycles. The van der Waals surface area contributed by atoms with Crippen molar-refractivity contribution in [2.24, 2.45) is 5.92 Å². The zero-order valence-electron chi connectivity index (χ0n) is 9.93. The maximum absolute atomic E-state index is 10.4. The Morgan fingerprint density at radius 3 is 2.47 bits per heavy atom. The summed E-state index contributed by atoms with van der Waals surface area (Å²) in [6, 6.07) is 8.48. The number of fused-ring (bicyclic) bond motifs is 1. The van der Waals surface area contributed by atoms with Gasteiger partial charge in [0, 0.05) is 5.92 Å². The molecule has 0 amide bonds. The normalized spacial score (nSPS) is 21.6. The molecule has 1 heterocycles. The molecule has 2 nitrogen and oxygen atoms in total. The zero-order valence-corrected chi connectivity index (χ0v) is 9.93. The van der Waals surface area contributed by atoms with Gasteiger partial charge < -0.3 is 9.84 Å². The van der Waals surface area contributed by atoms with Crippen LogP contribution in [-0.2, 0) is 17.6 Å². The Morgan fingerprint density at radius 1 is 1.18 bits per heavy atom. The fourth-order valence-electron chi connectivity index (χ4n) is 2.83. The summed E-state index contributed by atoms with van der Waals surface area (Å²) in [5, 5.41) is 10.4. The van der Waals surface area contributed by atoms with Gasteiger partial charge in [0.05, 0.1) is 6.61 Å². The lowest BCUT2D eigenvalue weighted by molar-refractivity contribution is 0.0578. The van der Waals surface area contributed by atoms with Crippen molar-refractivity contribution in [3.05, 3.63) is 47.2 Å². The van der Waals surface area contributed by atoms with Crippen molar-refractivity contribution in [1.82, 2.24) is 0 Å². The van der Waals surface area contributed by atoms with Gasteiger partial charge in [-0.3, -0.25) is 0 Å². The van der Waals surface area contributed by atoms with Crippen LogP contribution in [0.5, 0.6) is 0 Å². The lowest BCUT2D eigenvalue weighted by atomic mass is 9.96. The SMILES string of the molecule is OC(C1=CCCCO1)C1Cc2ccccc2C1. The molecule has 2 aliphatic rings. The molecule has 1 atom stereocenters. The Morgan fingerprint density at radius 2 is 1.88 bits per heavy atom. The van der Waals surface area contributed by atoms with E-state index in [1.165, 1.54) is 11.1 Å². The number of hydrogen-bond donors (Lipinski definition) is 1. The predicted octanol–water partition coefficient (Wildman–Crippen LogP) is 2.46. The van der Waals surface area contributed by atoms with Crippen molar-refractivity contribution < 1.29 is 9.84 Å². The molecule has 1 aliphatic heterocycles. The van der Waals surface area contributed by atoms with E-state index in [4.69, 9.17) is 4.74 Å². The maximum atomic E-state index is 10.4. The highest BCUT2D eigenvalue weighted by Crippen LogP contribution is 2.32. The minimum Gasteiger partial charge on any atom is -0.495 e. The van der Waals surface area contributed by atoms with Gasteiger partial charge in [0.15, 0.2) is 0 Å². The van der Waals surface area contributed by atoms with Crippen molar-refractivity contribution in [3.8, 4) is 0 Å². The molecular weight excluding hydrogens is 212 g/mol. The van der Waals surface area contributed by atoms with E-state index in [9.17, 15) is 5.11 Å². The van der Waals surface area contributed by atoms with Gasteiger partial charge in [-0.1, -0.05) is 24.3 Å². The number of allylic oxidation sites excluding steroid dienone is 1. The van der Waals surface area contributed by atoms with Crippen LogP contribution in [0.15, 0.2) is 36.1 Å². The average molecular weight is 230 g/mol. The van der Waals surface area contributed by atoms with Crippen LogP contribution in [0.2, 0.25) is 0 Å². The summed E-state index contributed by atoms with van der Waals surface area (Å²) in [5.74, 6) is 1.09. The summed E-state index contributed by atoms with van der Waals surface area (Å²) in [6.07, 6.45) is 5.67. The van der Waals surface area contributed by atoms with Crippen LogP contribution in [0.3, 0.4) is 0 Å². The lowest BCUT2D eigenvalue weighted by Crippen LogP contribution is -2.26. The Balaban J connectivity index is 1.73. The van der Waals surface area contributed by atoms with Gasteiger partial charge in [0.1, 0.15) is 11.9 Å². The first-order chi connectivity index (χ1) is 8.34. The van der Waals surface area contributed by atoms with Gasteiger partial charge in [-0.05, 0) is 42.9 Å².